The van der Waals surface area contributed by atoms with Crippen LogP contribution in [0.15, 0.2) is 60.7 Å². The SMILES string of the molecule is CCc1cccc(CC)c1N1C(=O)c2cccc(C(=O)NCc3ccc(Cl)cc3)c2C1=O. The highest BCUT2D eigenvalue weighted by Gasteiger charge is 2.41. The Kier molecular flexibility index (Phi) is 6.10. The van der Waals surface area contributed by atoms with Gasteiger partial charge in [-0.2, -0.15) is 0 Å². The van der Waals surface area contributed by atoms with E-state index in [1.54, 1.807) is 30.3 Å². The first kappa shape index (κ1) is 21.8. The standard InChI is InChI=1S/C26H23ClN2O3/c1-3-17-7-5-8-18(4-2)23(17)29-25(31)21-10-6-9-20(22(21)26(29)32)24(30)28-15-16-11-13-19(27)14-12-16/h5-14H,3-4,15H2,1-2H3,(H,28,30). The van der Waals surface area contributed by atoms with E-state index in [0.29, 0.717) is 23.6 Å². The third kappa shape index (κ3) is 3.80. The van der Waals surface area contributed by atoms with Crippen LogP contribution in [0.2, 0.25) is 5.02 Å². The number of hydrogen-bond acceptors (Lipinski definition) is 3. The van der Waals surface area contributed by atoms with Crippen molar-refractivity contribution in [2.24, 2.45) is 0 Å². The molecular weight excluding hydrogens is 424 g/mol. The third-order valence-corrected chi connectivity index (χ3v) is 5.97. The zero-order chi connectivity index (χ0) is 22.8. The van der Waals surface area contributed by atoms with E-state index in [4.69, 9.17) is 11.6 Å². The van der Waals surface area contributed by atoms with Gasteiger partial charge in [-0.1, -0.05) is 61.8 Å². The second-order valence-corrected chi connectivity index (χ2v) is 8.05. The van der Waals surface area contributed by atoms with Gasteiger partial charge in [0.25, 0.3) is 17.7 Å². The van der Waals surface area contributed by atoms with Crippen LogP contribution >= 0.6 is 11.6 Å². The van der Waals surface area contributed by atoms with Crippen LogP contribution in [0, 0.1) is 0 Å². The molecule has 6 heteroatoms. The molecule has 3 amide bonds. The number of anilines is 1. The number of imide groups is 1. The van der Waals surface area contributed by atoms with Crippen molar-refractivity contribution in [2.45, 2.75) is 33.2 Å². The second-order valence-electron chi connectivity index (χ2n) is 7.61. The number of aryl methyl sites for hydroxylation is 2. The predicted molar refractivity (Wildman–Crippen MR) is 125 cm³/mol. The number of fused-ring (bicyclic) bond motifs is 1. The molecule has 4 rings (SSSR count). The molecule has 5 nitrogen and oxygen atoms in total. The van der Waals surface area contributed by atoms with E-state index in [-0.39, 0.29) is 23.2 Å². The Balaban J connectivity index is 1.68. The second kappa shape index (κ2) is 8.97. The number of benzene rings is 3. The highest BCUT2D eigenvalue weighted by molar-refractivity contribution is 6.36. The first-order valence-electron chi connectivity index (χ1n) is 10.6. The molecule has 0 fully saturated rings. The number of rotatable bonds is 6. The lowest BCUT2D eigenvalue weighted by Crippen LogP contribution is -2.32. The Labute approximate surface area is 192 Å². The summed E-state index contributed by atoms with van der Waals surface area (Å²) in [6, 6.07) is 17.8. The number of amides is 3. The van der Waals surface area contributed by atoms with E-state index in [9.17, 15) is 14.4 Å². The molecule has 32 heavy (non-hydrogen) atoms. The lowest BCUT2D eigenvalue weighted by molar-refractivity contribution is 0.0909. The van der Waals surface area contributed by atoms with E-state index in [1.807, 2.05) is 44.2 Å². The molecule has 0 saturated heterocycles. The zero-order valence-electron chi connectivity index (χ0n) is 17.9. The van der Waals surface area contributed by atoms with E-state index in [0.717, 1.165) is 16.7 Å². The number of halogens is 1. The van der Waals surface area contributed by atoms with Crippen LogP contribution in [0.4, 0.5) is 5.69 Å². The van der Waals surface area contributed by atoms with E-state index in [2.05, 4.69) is 5.32 Å². The molecule has 1 aliphatic rings. The summed E-state index contributed by atoms with van der Waals surface area (Å²) in [7, 11) is 0. The molecule has 1 heterocycles. The third-order valence-electron chi connectivity index (χ3n) is 5.71. The van der Waals surface area contributed by atoms with Crippen LogP contribution < -0.4 is 10.2 Å². The minimum absolute atomic E-state index is 0.152. The Morgan fingerprint density at radius 2 is 1.50 bits per heavy atom. The number of carbonyl (C=O) groups is 3. The molecule has 0 aromatic heterocycles. The van der Waals surface area contributed by atoms with Gasteiger partial charge in [-0.25, -0.2) is 4.90 Å². The first-order valence-corrected chi connectivity index (χ1v) is 11.0. The molecule has 0 atom stereocenters. The largest absolute Gasteiger partial charge is 0.348 e. The molecule has 0 radical (unpaired) electrons. The molecule has 162 valence electrons. The summed E-state index contributed by atoms with van der Waals surface area (Å²) in [5.74, 6) is -1.26. The molecule has 3 aromatic carbocycles. The van der Waals surface area contributed by atoms with Crippen LogP contribution in [-0.2, 0) is 19.4 Å². The summed E-state index contributed by atoms with van der Waals surface area (Å²) in [5, 5.41) is 3.45. The average molecular weight is 447 g/mol. The quantitative estimate of drug-likeness (QED) is 0.529. The van der Waals surface area contributed by atoms with Gasteiger partial charge in [-0.05, 0) is 53.8 Å². The van der Waals surface area contributed by atoms with Crippen LogP contribution in [0.5, 0.6) is 0 Å². The molecule has 0 unspecified atom stereocenters. The maximum atomic E-state index is 13.5. The van der Waals surface area contributed by atoms with Gasteiger partial charge in [0, 0.05) is 11.6 Å². The lowest BCUT2D eigenvalue weighted by atomic mass is 10.0. The minimum Gasteiger partial charge on any atom is -0.348 e. The van der Waals surface area contributed by atoms with E-state index >= 15 is 0 Å². The maximum Gasteiger partial charge on any atom is 0.266 e. The Morgan fingerprint density at radius 3 is 2.12 bits per heavy atom. The minimum atomic E-state index is -0.460. The molecular formula is C26H23ClN2O3. The van der Waals surface area contributed by atoms with Gasteiger partial charge in [0.05, 0.1) is 22.4 Å². The summed E-state index contributed by atoms with van der Waals surface area (Å²) in [5.41, 5.74) is 3.96. The average Bonchev–Trinajstić information content (AvgIpc) is 3.07. The highest BCUT2D eigenvalue weighted by atomic mass is 35.5. The summed E-state index contributed by atoms with van der Waals surface area (Å²) in [6.07, 6.45) is 1.37. The van der Waals surface area contributed by atoms with Crippen molar-refractivity contribution in [3.8, 4) is 0 Å². The van der Waals surface area contributed by atoms with Crippen molar-refractivity contribution >= 4 is 35.0 Å². The van der Waals surface area contributed by atoms with Gasteiger partial charge in [-0.3, -0.25) is 14.4 Å². The van der Waals surface area contributed by atoms with Crippen molar-refractivity contribution in [2.75, 3.05) is 4.90 Å². The van der Waals surface area contributed by atoms with Crippen molar-refractivity contribution in [1.29, 1.82) is 0 Å². The molecule has 1 N–H and O–H groups in total. The first-order chi connectivity index (χ1) is 15.5. The van der Waals surface area contributed by atoms with Crippen molar-refractivity contribution < 1.29 is 14.4 Å². The molecule has 1 aliphatic heterocycles. The van der Waals surface area contributed by atoms with Gasteiger partial charge < -0.3 is 5.32 Å². The fourth-order valence-corrected chi connectivity index (χ4v) is 4.19. The normalized spacial score (nSPS) is 12.8. The molecule has 0 saturated carbocycles. The molecule has 0 spiro atoms. The summed E-state index contributed by atoms with van der Waals surface area (Å²) < 4.78 is 0. The number of hydrogen-bond donors (Lipinski definition) is 1. The fraction of sp³-hybridized carbons (Fsp3) is 0.192. The van der Waals surface area contributed by atoms with Crippen LogP contribution in [0.1, 0.15) is 61.6 Å². The van der Waals surface area contributed by atoms with Crippen molar-refractivity contribution in [1.82, 2.24) is 5.32 Å². The Bertz CT molecular complexity index is 1200. The smallest absolute Gasteiger partial charge is 0.266 e. The monoisotopic (exact) mass is 446 g/mol. The van der Waals surface area contributed by atoms with Gasteiger partial charge in [0.15, 0.2) is 0 Å². The van der Waals surface area contributed by atoms with Crippen LogP contribution in [0.3, 0.4) is 0 Å². The number of para-hydroxylation sites is 1. The summed E-state index contributed by atoms with van der Waals surface area (Å²) in [4.78, 5) is 41.0. The predicted octanol–water partition coefficient (Wildman–Crippen LogP) is 5.20. The molecule has 0 aliphatic carbocycles. The van der Waals surface area contributed by atoms with Crippen LogP contribution in [0.25, 0.3) is 0 Å². The Hall–Kier alpha value is -3.44. The van der Waals surface area contributed by atoms with Gasteiger partial charge >= 0.3 is 0 Å². The summed E-state index contributed by atoms with van der Waals surface area (Å²) >= 11 is 5.91. The summed E-state index contributed by atoms with van der Waals surface area (Å²) in [6.45, 7) is 4.27. The highest BCUT2D eigenvalue weighted by Crippen LogP contribution is 2.35. The van der Waals surface area contributed by atoms with Gasteiger partial charge in [0.2, 0.25) is 0 Å². The zero-order valence-corrected chi connectivity index (χ0v) is 18.7. The lowest BCUT2D eigenvalue weighted by Gasteiger charge is -2.21. The molecule has 0 bridgehead atoms. The maximum absolute atomic E-state index is 13.5. The van der Waals surface area contributed by atoms with E-state index in [1.165, 1.54) is 4.90 Å². The fourth-order valence-electron chi connectivity index (χ4n) is 4.06. The van der Waals surface area contributed by atoms with E-state index < -0.39 is 17.7 Å². The van der Waals surface area contributed by atoms with Crippen molar-refractivity contribution in [3.05, 3.63) is 99.1 Å². The van der Waals surface area contributed by atoms with Crippen molar-refractivity contribution in [3.63, 3.8) is 0 Å². The Morgan fingerprint density at radius 1 is 0.875 bits per heavy atom. The van der Waals surface area contributed by atoms with Gasteiger partial charge in [-0.15, -0.1) is 0 Å². The van der Waals surface area contributed by atoms with Crippen LogP contribution in [-0.4, -0.2) is 17.7 Å². The topological polar surface area (TPSA) is 66.5 Å². The number of nitrogens with one attached hydrogen (secondary N) is 1. The molecule has 3 aromatic rings. The number of carbonyl (C=O) groups excluding carboxylic acids is 3. The number of nitrogens with zero attached hydrogens (tertiary/aromatic N) is 1. The van der Waals surface area contributed by atoms with Gasteiger partial charge in [0.1, 0.15) is 0 Å².